The van der Waals surface area contributed by atoms with Gasteiger partial charge >= 0.3 is 5.97 Å². The summed E-state index contributed by atoms with van der Waals surface area (Å²) in [6.07, 6.45) is 3.93. The number of carbonyl (C=O) groups excluding carboxylic acids is 1. The maximum absolute atomic E-state index is 12.5. The van der Waals surface area contributed by atoms with Gasteiger partial charge in [-0.25, -0.2) is 0 Å². The SMILES string of the molecule is CCCc1cc(C(=O)N2CCC(CC(=O)O)CC2)sc1C. The van der Waals surface area contributed by atoms with E-state index >= 15 is 0 Å². The van der Waals surface area contributed by atoms with E-state index in [2.05, 4.69) is 13.8 Å². The molecule has 1 fully saturated rings. The highest BCUT2D eigenvalue weighted by Crippen LogP contribution is 2.27. The number of carbonyl (C=O) groups is 2. The van der Waals surface area contributed by atoms with Crippen LogP contribution in [0.25, 0.3) is 0 Å². The topological polar surface area (TPSA) is 57.6 Å². The van der Waals surface area contributed by atoms with Crippen LogP contribution < -0.4 is 0 Å². The summed E-state index contributed by atoms with van der Waals surface area (Å²) >= 11 is 1.58. The summed E-state index contributed by atoms with van der Waals surface area (Å²) in [5, 5.41) is 8.82. The molecule has 4 nitrogen and oxygen atoms in total. The average Bonchev–Trinajstić information content (AvgIpc) is 2.80. The zero-order valence-corrected chi connectivity index (χ0v) is 13.5. The van der Waals surface area contributed by atoms with Crippen molar-refractivity contribution in [3.63, 3.8) is 0 Å². The summed E-state index contributed by atoms with van der Waals surface area (Å²) in [6.45, 7) is 5.57. The molecule has 1 aliphatic rings. The molecule has 0 aliphatic carbocycles. The van der Waals surface area contributed by atoms with Crippen LogP contribution in [-0.4, -0.2) is 35.0 Å². The van der Waals surface area contributed by atoms with Crippen molar-refractivity contribution in [3.05, 3.63) is 21.4 Å². The fourth-order valence-corrected chi connectivity index (χ4v) is 3.93. The zero-order chi connectivity index (χ0) is 15.4. The van der Waals surface area contributed by atoms with Crippen molar-refractivity contribution >= 4 is 23.2 Å². The number of aliphatic carboxylic acids is 1. The number of piperidine rings is 1. The van der Waals surface area contributed by atoms with E-state index in [0.717, 1.165) is 30.6 Å². The fourth-order valence-electron chi connectivity index (χ4n) is 2.89. The number of thiophene rings is 1. The van der Waals surface area contributed by atoms with Gasteiger partial charge in [0.2, 0.25) is 0 Å². The summed E-state index contributed by atoms with van der Waals surface area (Å²) < 4.78 is 0. The second kappa shape index (κ2) is 7.07. The largest absolute Gasteiger partial charge is 0.481 e. The molecule has 2 heterocycles. The molecule has 5 heteroatoms. The Kier molecular flexibility index (Phi) is 5.39. The highest BCUT2D eigenvalue weighted by molar-refractivity contribution is 7.14. The van der Waals surface area contributed by atoms with E-state index in [0.29, 0.717) is 13.1 Å². The van der Waals surface area contributed by atoms with Gasteiger partial charge in [-0.05, 0) is 43.7 Å². The summed E-state index contributed by atoms with van der Waals surface area (Å²) in [4.78, 5) is 27.2. The first-order chi connectivity index (χ1) is 10.0. The van der Waals surface area contributed by atoms with E-state index < -0.39 is 5.97 Å². The Labute approximate surface area is 129 Å². The van der Waals surface area contributed by atoms with Crippen molar-refractivity contribution in [2.24, 2.45) is 5.92 Å². The Morgan fingerprint density at radius 1 is 1.38 bits per heavy atom. The molecule has 1 N–H and O–H groups in total. The van der Waals surface area contributed by atoms with Gasteiger partial charge in [0.25, 0.3) is 5.91 Å². The van der Waals surface area contributed by atoms with E-state index in [9.17, 15) is 9.59 Å². The van der Waals surface area contributed by atoms with Crippen LogP contribution in [0.1, 0.15) is 52.7 Å². The molecular weight excluding hydrogens is 286 g/mol. The summed E-state index contributed by atoms with van der Waals surface area (Å²) in [6, 6.07) is 2.04. The molecule has 1 aliphatic heterocycles. The van der Waals surface area contributed by atoms with Gasteiger partial charge in [-0.2, -0.15) is 0 Å². The van der Waals surface area contributed by atoms with E-state index in [1.165, 1.54) is 10.4 Å². The minimum atomic E-state index is -0.738. The van der Waals surface area contributed by atoms with Crippen LogP contribution in [0, 0.1) is 12.8 Å². The summed E-state index contributed by atoms with van der Waals surface area (Å²) in [5.74, 6) is -0.413. The van der Waals surface area contributed by atoms with Crippen LogP contribution in [0.4, 0.5) is 0 Å². The third-order valence-electron chi connectivity index (χ3n) is 4.12. The number of hydrogen-bond donors (Lipinski definition) is 1. The van der Waals surface area contributed by atoms with Crippen molar-refractivity contribution < 1.29 is 14.7 Å². The van der Waals surface area contributed by atoms with E-state index in [1.807, 2.05) is 11.0 Å². The first kappa shape index (κ1) is 16.0. The lowest BCUT2D eigenvalue weighted by atomic mass is 9.93. The second-order valence-corrected chi connectivity index (χ2v) is 7.03. The van der Waals surface area contributed by atoms with Gasteiger partial charge in [-0.1, -0.05) is 13.3 Å². The molecule has 21 heavy (non-hydrogen) atoms. The van der Waals surface area contributed by atoms with Gasteiger partial charge in [0.1, 0.15) is 0 Å². The lowest BCUT2D eigenvalue weighted by Crippen LogP contribution is -2.38. The van der Waals surface area contributed by atoms with E-state index in [4.69, 9.17) is 5.11 Å². The molecule has 0 aromatic carbocycles. The number of hydrogen-bond acceptors (Lipinski definition) is 3. The maximum atomic E-state index is 12.5. The third kappa shape index (κ3) is 4.06. The molecular formula is C16H23NO3S. The van der Waals surface area contributed by atoms with Gasteiger partial charge in [0, 0.05) is 24.4 Å². The van der Waals surface area contributed by atoms with Gasteiger partial charge in [0.15, 0.2) is 0 Å². The number of carboxylic acid groups (broad SMARTS) is 1. The van der Waals surface area contributed by atoms with Crippen LogP contribution >= 0.6 is 11.3 Å². The molecule has 0 unspecified atom stereocenters. The number of carboxylic acids is 1. The second-order valence-electron chi connectivity index (χ2n) is 5.78. The molecule has 0 spiro atoms. The van der Waals surface area contributed by atoms with E-state index in [1.54, 1.807) is 11.3 Å². The van der Waals surface area contributed by atoms with Crippen molar-refractivity contribution in [3.8, 4) is 0 Å². The van der Waals surface area contributed by atoms with Crippen LogP contribution in [0.15, 0.2) is 6.07 Å². The summed E-state index contributed by atoms with van der Waals surface area (Å²) in [7, 11) is 0. The van der Waals surface area contributed by atoms with Crippen LogP contribution in [0.2, 0.25) is 0 Å². The predicted octanol–water partition coefficient (Wildman–Crippen LogP) is 3.34. The molecule has 0 radical (unpaired) electrons. The fraction of sp³-hybridized carbons (Fsp3) is 0.625. The first-order valence-corrected chi connectivity index (χ1v) is 8.43. The van der Waals surface area contributed by atoms with Crippen molar-refractivity contribution in [2.75, 3.05) is 13.1 Å². The summed E-state index contributed by atoms with van der Waals surface area (Å²) in [5.41, 5.74) is 1.28. The van der Waals surface area contributed by atoms with Crippen LogP contribution in [0.5, 0.6) is 0 Å². The number of nitrogens with zero attached hydrogens (tertiary/aromatic N) is 1. The van der Waals surface area contributed by atoms with Crippen molar-refractivity contribution in [1.82, 2.24) is 4.90 Å². The van der Waals surface area contributed by atoms with Gasteiger partial charge in [0.05, 0.1) is 4.88 Å². The maximum Gasteiger partial charge on any atom is 0.303 e. The number of aryl methyl sites for hydroxylation is 2. The molecule has 0 atom stereocenters. The Hall–Kier alpha value is -1.36. The average molecular weight is 309 g/mol. The monoisotopic (exact) mass is 309 g/mol. The first-order valence-electron chi connectivity index (χ1n) is 7.61. The molecule has 0 saturated carbocycles. The molecule has 1 saturated heterocycles. The number of rotatable bonds is 5. The van der Waals surface area contributed by atoms with Gasteiger partial charge < -0.3 is 10.0 Å². The zero-order valence-electron chi connectivity index (χ0n) is 12.7. The molecule has 0 bridgehead atoms. The smallest absolute Gasteiger partial charge is 0.303 e. The van der Waals surface area contributed by atoms with Crippen LogP contribution in [0.3, 0.4) is 0 Å². The molecule has 1 amide bonds. The molecule has 1 aromatic rings. The highest BCUT2D eigenvalue weighted by Gasteiger charge is 2.26. The lowest BCUT2D eigenvalue weighted by Gasteiger charge is -2.31. The Morgan fingerprint density at radius 2 is 2.05 bits per heavy atom. The minimum Gasteiger partial charge on any atom is -0.481 e. The van der Waals surface area contributed by atoms with Crippen molar-refractivity contribution in [2.45, 2.75) is 46.0 Å². The van der Waals surface area contributed by atoms with Gasteiger partial charge in [-0.3, -0.25) is 9.59 Å². The molecule has 116 valence electrons. The quantitative estimate of drug-likeness (QED) is 0.907. The van der Waals surface area contributed by atoms with Crippen molar-refractivity contribution in [1.29, 1.82) is 0 Å². The molecule has 2 rings (SSSR count). The Morgan fingerprint density at radius 3 is 2.62 bits per heavy atom. The predicted molar refractivity (Wildman–Crippen MR) is 83.9 cm³/mol. The Bertz CT molecular complexity index is 516. The Balaban J connectivity index is 1.95. The van der Waals surface area contributed by atoms with E-state index in [-0.39, 0.29) is 18.2 Å². The third-order valence-corrected chi connectivity index (χ3v) is 5.20. The molecule has 1 aromatic heterocycles. The van der Waals surface area contributed by atoms with Crippen LogP contribution in [-0.2, 0) is 11.2 Å². The standard InChI is InChI=1S/C16H23NO3S/c1-3-4-13-10-14(21-11(13)2)16(20)17-7-5-12(6-8-17)9-15(18)19/h10,12H,3-9H2,1-2H3,(H,18,19). The number of amides is 1. The lowest BCUT2D eigenvalue weighted by molar-refractivity contribution is -0.138. The highest BCUT2D eigenvalue weighted by atomic mass is 32.1. The normalized spacial score (nSPS) is 16.2. The number of likely N-dealkylation sites (tertiary alicyclic amines) is 1. The van der Waals surface area contributed by atoms with Gasteiger partial charge in [-0.15, -0.1) is 11.3 Å². The minimum absolute atomic E-state index is 0.110.